The minimum atomic E-state index is 0.0757. The van der Waals surface area contributed by atoms with Gasteiger partial charge in [-0.2, -0.15) is 0 Å². The van der Waals surface area contributed by atoms with Gasteiger partial charge in [-0.15, -0.1) is 0 Å². The number of anilines is 1. The molecular weight excluding hydrogens is 316 g/mol. The van der Waals surface area contributed by atoms with E-state index in [1.54, 1.807) is 6.20 Å². The Morgan fingerprint density at radius 2 is 2.15 bits per heavy atom. The Morgan fingerprint density at radius 3 is 3.00 bits per heavy atom. The molecule has 1 aliphatic rings. The predicted molar refractivity (Wildman–Crippen MR) is 83.8 cm³/mol. The van der Waals surface area contributed by atoms with Gasteiger partial charge >= 0.3 is 0 Å². The number of halogens is 1. The molecule has 0 aliphatic heterocycles. The molecule has 1 heterocycles. The van der Waals surface area contributed by atoms with Crippen molar-refractivity contribution < 1.29 is 4.74 Å². The van der Waals surface area contributed by atoms with Gasteiger partial charge in [0.1, 0.15) is 6.10 Å². The normalized spacial score (nSPS) is 17.6. The molecule has 0 bridgehead atoms. The number of hydrogen-bond donors (Lipinski definition) is 1. The number of aryl methyl sites for hydroxylation is 1. The molecule has 1 aliphatic carbocycles. The molecule has 104 valence electrons. The lowest BCUT2D eigenvalue weighted by Crippen LogP contribution is -2.16. The van der Waals surface area contributed by atoms with E-state index in [0.29, 0.717) is 11.6 Å². The molecule has 0 fully saturated rings. The van der Waals surface area contributed by atoms with Crippen LogP contribution in [0.4, 0.5) is 5.69 Å². The second kappa shape index (κ2) is 5.44. The van der Waals surface area contributed by atoms with Crippen LogP contribution in [0, 0.1) is 6.92 Å². The molecule has 1 aromatic carbocycles. The smallest absolute Gasteiger partial charge is 0.228 e. The van der Waals surface area contributed by atoms with E-state index in [-0.39, 0.29) is 6.10 Å². The first kappa shape index (κ1) is 13.4. The monoisotopic (exact) mass is 332 g/mol. The van der Waals surface area contributed by atoms with Crippen LogP contribution >= 0.6 is 15.9 Å². The van der Waals surface area contributed by atoms with Gasteiger partial charge in [0.25, 0.3) is 0 Å². The molecule has 20 heavy (non-hydrogen) atoms. The van der Waals surface area contributed by atoms with Crippen molar-refractivity contribution in [2.75, 3.05) is 5.73 Å². The third-order valence-corrected chi connectivity index (χ3v) is 4.77. The van der Waals surface area contributed by atoms with Gasteiger partial charge in [-0.25, -0.2) is 4.98 Å². The number of rotatable bonds is 2. The van der Waals surface area contributed by atoms with Gasteiger partial charge in [0, 0.05) is 0 Å². The second-order valence-corrected chi connectivity index (χ2v) is 5.95. The molecule has 2 aromatic rings. The zero-order chi connectivity index (χ0) is 14.1. The summed E-state index contributed by atoms with van der Waals surface area (Å²) >= 11 is 3.53. The molecule has 1 unspecified atom stereocenters. The lowest BCUT2D eigenvalue weighted by atomic mass is 9.89. The molecule has 0 spiro atoms. The van der Waals surface area contributed by atoms with E-state index in [1.807, 2.05) is 6.92 Å². The van der Waals surface area contributed by atoms with E-state index in [1.165, 1.54) is 11.1 Å². The van der Waals surface area contributed by atoms with E-state index >= 15 is 0 Å². The number of hydrogen-bond acceptors (Lipinski definition) is 3. The summed E-state index contributed by atoms with van der Waals surface area (Å²) < 4.78 is 6.98. The zero-order valence-electron chi connectivity index (χ0n) is 11.4. The standard InChI is InChI=1S/C16H17BrN2O/c1-10-13(18)9-19-16(15(10)17)20-14-8-4-6-11-5-2-3-7-12(11)14/h2-3,5,7,9,14H,4,6,8,18H2,1H3. The van der Waals surface area contributed by atoms with Crippen molar-refractivity contribution in [2.24, 2.45) is 0 Å². The lowest BCUT2D eigenvalue weighted by molar-refractivity contribution is 0.174. The van der Waals surface area contributed by atoms with Crippen LogP contribution in [0.3, 0.4) is 0 Å². The summed E-state index contributed by atoms with van der Waals surface area (Å²) in [7, 11) is 0. The fourth-order valence-electron chi connectivity index (χ4n) is 2.62. The number of nitrogens with zero attached hydrogens (tertiary/aromatic N) is 1. The van der Waals surface area contributed by atoms with Crippen LogP contribution in [0.5, 0.6) is 5.88 Å². The van der Waals surface area contributed by atoms with E-state index in [0.717, 1.165) is 29.3 Å². The molecular formula is C16H17BrN2O. The van der Waals surface area contributed by atoms with E-state index in [2.05, 4.69) is 45.2 Å². The fraction of sp³-hybridized carbons (Fsp3) is 0.312. The van der Waals surface area contributed by atoms with E-state index in [9.17, 15) is 0 Å². The molecule has 1 aromatic heterocycles. The summed E-state index contributed by atoms with van der Waals surface area (Å²) in [6.07, 6.45) is 5.03. The van der Waals surface area contributed by atoms with Crippen molar-refractivity contribution in [1.82, 2.24) is 4.98 Å². The average Bonchev–Trinajstić information content (AvgIpc) is 2.48. The highest BCUT2D eigenvalue weighted by Gasteiger charge is 2.23. The van der Waals surface area contributed by atoms with Gasteiger partial charge in [-0.3, -0.25) is 0 Å². The molecule has 4 heteroatoms. The number of benzene rings is 1. The number of nitrogen functional groups attached to an aromatic ring is 1. The summed E-state index contributed by atoms with van der Waals surface area (Å²) in [5.74, 6) is 0.624. The van der Waals surface area contributed by atoms with Crippen LogP contribution in [-0.2, 0) is 6.42 Å². The molecule has 0 saturated heterocycles. The molecule has 0 saturated carbocycles. The van der Waals surface area contributed by atoms with Crippen LogP contribution in [0.1, 0.15) is 35.6 Å². The number of aromatic nitrogens is 1. The SMILES string of the molecule is Cc1c(N)cnc(OC2CCCc3ccccc32)c1Br. The number of fused-ring (bicyclic) bond motifs is 1. The van der Waals surface area contributed by atoms with Crippen molar-refractivity contribution in [3.05, 3.63) is 51.6 Å². The highest BCUT2D eigenvalue weighted by atomic mass is 79.9. The number of pyridine rings is 1. The molecule has 1 atom stereocenters. The summed E-state index contributed by atoms with van der Waals surface area (Å²) in [4.78, 5) is 4.31. The second-order valence-electron chi connectivity index (χ2n) is 5.16. The van der Waals surface area contributed by atoms with E-state index in [4.69, 9.17) is 10.5 Å². The predicted octanol–water partition coefficient (Wildman–Crippen LogP) is 4.19. The summed E-state index contributed by atoms with van der Waals surface area (Å²) in [6, 6.07) is 8.48. The summed E-state index contributed by atoms with van der Waals surface area (Å²) in [5.41, 5.74) is 10.2. The van der Waals surface area contributed by atoms with Crippen LogP contribution < -0.4 is 10.5 Å². The average molecular weight is 333 g/mol. The summed E-state index contributed by atoms with van der Waals surface area (Å²) in [5, 5.41) is 0. The van der Waals surface area contributed by atoms with Crippen LogP contribution in [0.2, 0.25) is 0 Å². The minimum Gasteiger partial charge on any atom is -0.469 e. The van der Waals surface area contributed by atoms with Crippen molar-refractivity contribution in [3.8, 4) is 5.88 Å². The first-order valence-electron chi connectivity index (χ1n) is 6.82. The fourth-order valence-corrected chi connectivity index (χ4v) is 3.04. The highest BCUT2D eigenvalue weighted by Crippen LogP contribution is 2.37. The third kappa shape index (κ3) is 2.40. The lowest BCUT2D eigenvalue weighted by Gasteiger charge is -2.26. The van der Waals surface area contributed by atoms with Crippen LogP contribution in [0.15, 0.2) is 34.9 Å². The van der Waals surface area contributed by atoms with Gasteiger partial charge in [0.15, 0.2) is 0 Å². The maximum absolute atomic E-state index is 6.13. The molecule has 3 rings (SSSR count). The van der Waals surface area contributed by atoms with Crippen molar-refractivity contribution >= 4 is 21.6 Å². The van der Waals surface area contributed by atoms with Crippen LogP contribution in [-0.4, -0.2) is 4.98 Å². The van der Waals surface area contributed by atoms with Crippen LogP contribution in [0.25, 0.3) is 0 Å². The Balaban J connectivity index is 1.92. The van der Waals surface area contributed by atoms with Gasteiger partial charge in [0.2, 0.25) is 5.88 Å². The first-order valence-corrected chi connectivity index (χ1v) is 7.61. The first-order chi connectivity index (χ1) is 9.66. The topological polar surface area (TPSA) is 48.1 Å². The van der Waals surface area contributed by atoms with Crippen molar-refractivity contribution in [2.45, 2.75) is 32.3 Å². The Hall–Kier alpha value is -1.55. The van der Waals surface area contributed by atoms with Gasteiger partial charge in [0.05, 0.1) is 16.4 Å². The van der Waals surface area contributed by atoms with Gasteiger partial charge in [-0.1, -0.05) is 24.3 Å². The Kier molecular flexibility index (Phi) is 3.66. The highest BCUT2D eigenvalue weighted by molar-refractivity contribution is 9.10. The molecule has 0 radical (unpaired) electrons. The third-order valence-electron chi connectivity index (χ3n) is 3.84. The van der Waals surface area contributed by atoms with Crippen molar-refractivity contribution in [1.29, 1.82) is 0 Å². The maximum Gasteiger partial charge on any atom is 0.228 e. The molecule has 2 N–H and O–H groups in total. The summed E-state index contributed by atoms with van der Waals surface area (Å²) in [6.45, 7) is 1.96. The Bertz CT molecular complexity index is 642. The zero-order valence-corrected chi connectivity index (χ0v) is 13.0. The van der Waals surface area contributed by atoms with E-state index < -0.39 is 0 Å². The van der Waals surface area contributed by atoms with Gasteiger partial charge in [-0.05, 0) is 58.8 Å². The van der Waals surface area contributed by atoms with Crippen molar-refractivity contribution in [3.63, 3.8) is 0 Å². The Labute approximate surface area is 127 Å². The minimum absolute atomic E-state index is 0.0757. The maximum atomic E-state index is 6.13. The largest absolute Gasteiger partial charge is 0.469 e. The number of ether oxygens (including phenoxy) is 1. The number of nitrogens with two attached hydrogens (primary N) is 1. The molecule has 0 amide bonds. The Morgan fingerprint density at radius 1 is 1.35 bits per heavy atom. The quantitative estimate of drug-likeness (QED) is 0.896. The molecule has 3 nitrogen and oxygen atoms in total. The van der Waals surface area contributed by atoms with Gasteiger partial charge < -0.3 is 10.5 Å².